The zero-order valence-corrected chi connectivity index (χ0v) is 18.1. The Bertz CT molecular complexity index is 1350. The van der Waals surface area contributed by atoms with Crippen LogP contribution in [0.1, 0.15) is 0 Å². The first-order chi connectivity index (χ1) is 15.5. The fraction of sp³-hybridized carbons (Fsp3) is 0.190. The Labute approximate surface area is 185 Å². The predicted molar refractivity (Wildman–Crippen MR) is 120 cm³/mol. The second kappa shape index (κ2) is 9.02. The monoisotopic (exact) mass is 453 g/mol. The molecular weight excluding hydrogens is 434 g/mol. The highest BCUT2D eigenvalue weighted by Gasteiger charge is 2.14. The SMILES string of the molecule is COc1cc2ncn(CC(=O)NCC(=O)Nc3nc4ccccc4s3)c(=O)c2cc1OC. The van der Waals surface area contributed by atoms with Crippen LogP contribution in [0.4, 0.5) is 5.13 Å². The summed E-state index contributed by atoms with van der Waals surface area (Å²) in [6.45, 7) is -0.542. The van der Waals surface area contributed by atoms with Crippen molar-refractivity contribution < 1.29 is 19.1 Å². The molecule has 2 aromatic carbocycles. The molecule has 0 atom stereocenters. The molecule has 2 aromatic heterocycles. The van der Waals surface area contributed by atoms with Crippen molar-refractivity contribution in [2.24, 2.45) is 0 Å². The van der Waals surface area contributed by atoms with Crippen molar-refractivity contribution in [1.82, 2.24) is 19.9 Å². The molecule has 0 bridgehead atoms. The van der Waals surface area contributed by atoms with Crippen LogP contribution in [0.2, 0.25) is 0 Å². The van der Waals surface area contributed by atoms with Gasteiger partial charge in [0, 0.05) is 6.07 Å². The number of anilines is 1. The lowest BCUT2D eigenvalue weighted by molar-refractivity contribution is -0.124. The molecule has 0 aliphatic heterocycles. The lowest BCUT2D eigenvalue weighted by Gasteiger charge is -2.10. The number of nitrogens with one attached hydrogen (secondary N) is 2. The second-order valence-electron chi connectivity index (χ2n) is 6.71. The molecule has 11 heteroatoms. The van der Waals surface area contributed by atoms with Crippen LogP contribution >= 0.6 is 11.3 Å². The number of thiazole rings is 1. The fourth-order valence-electron chi connectivity index (χ4n) is 3.08. The van der Waals surface area contributed by atoms with Gasteiger partial charge >= 0.3 is 0 Å². The normalized spacial score (nSPS) is 10.8. The third-order valence-corrected chi connectivity index (χ3v) is 5.58. The number of aromatic nitrogens is 3. The molecule has 164 valence electrons. The van der Waals surface area contributed by atoms with Crippen molar-refractivity contribution >= 4 is 49.4 Å². The van der Waals surface area contributed by atoms with E-state index in [0.29, 0.717) is 22.1 Å². The van der Waals surface area contributed by atoms with Gasteiger partial charge in [-0.25, -0.2) is 9.97 Å². The first-order valence-electron chi connectivity index (χ1n) is 9.52. The number of para-hydroxylation sites is 1. The maximum atomic E-state index is 12.8. The molecule has 10 nitrogen and oxygen atoms in total. The van der Waals surface area contributed by atoms with Crippen LogP contribution in [0.5, 0.6) is 11.5 Å². The number of nitrogens with zero attached hydrogens (tertiary/aromatic N) is 3. The van der Waals surface area contributed by atoms with Crippen LogP contribution in [-0.4, -0.2) is 47.1 Å². The van der Waals surface area contributed by atoms with Crippen molar-refractivity contribution in [2.45, 2.75) is 6.54 Å². The van der Waals surface area contributed by atoms with Crippen molar-refractivity contribution in [3.63, 3.8) is 0 Å². The van der Waals surface area contributed by atoms with Gasteiger partial charge in [0.1, 0.15) is 6.54 Å². The van der Waals surface area contributed by atoms with Crippen LogP contribution in [0.3, 0.4) is 0 Å². The molecule has 2 N–H and O–H groups in total. The second-order valence-corrected chi connectivity index (χ2v) is 7.74. The highest BCUT2D eigenvalue weighted by molar-refractivity contribution is 7.22. The van der Waals surface area contributed by atoms with Gasteiger partial charge in [0.2, 0.25) is 11.8 Å². The van der Waals surface area contributed by atoms with Gasteiger partial charge in [-0.15, -0.1) is 0 Å². The maximum Gasteiger partial charge on any atom is 0.261 e. The molecule has 0 saturated heterocycles. The van der Waals surface area contributed by atoms with Crippen LogP contribution in [0.25, 0.3) is 21.1 Å². The average molecular weight is 453 g/mol. The molecule has 0 fully saturated rings. The minimum Gasteiger partial charge on any atom is -0.493 e. The molecule has 2 heterocycles. The maximum absolute atomic E-state index is 12.8. The Morgan fingerprint density at radius 2 is 1.81 bits per heavy atom. The van der Waals surface area contributed by atoms with E-state index in [9.17, 15) is 14.4 Å². The summed E-state index contributed by atoms with van der Waals surface area (Å²) in [5.74, 6) is -0.0967. The van der Waals surface area contributed by atoms with Crippen LogP contribution in [-0.2, 0) is 16.1 Å². The minimum atomic E-state index is -0.506. The first kappa shape index (κ1) is 21.2. The van der Waals surface area contributed by atoms with E-state index in [2.05, 4.69) is 20.6 Å². The van der Waals surface area contributed by atoms with Gasteiger partial charge in [0.25, 0.3) is 5.56 Å². The number of methoxy groups -OCH3 is 2. The Balaban J connectivity index is 1.40. The molecule has 4 aromatic rings. The quantitative estimate of drug-likeness (QED) is 0.437. The number of carbonyl (C=O) groups is 2. The van der Waals surface area contributed by atoms with Gasteiger partial charge in [-0.1, -0.05) is 23.5 Å². The van der Waals surface area contributed by atoms with Gasteiger partial charge in [-0.05, 0) is 18.2 Å². The smallest absolute Gasteiger partial charge is 0.261 e. The zero-order chi connectivity index (χ0) is 22.7. The lowest BCUT2D eigenvalue weighted by atomic mass is 10.2. The lowest BCUT2D eigenvalue weighted by Crippen LogP contribution is -2.37. The molecule has 0 aliphatic rings. The highest BCUT2D eigenvalue weighted by Crippen LogP contribution is 2.29. The Morgan fingerprint density at radius 3 is 2.56 bits per heavy atom. The largest absolute Gasteiger partial charge is 0.493 e. The number of hydrogen-bond donors (Lipinski definition) is 2. The van der Waals surface area contributed by atoms with Crippen molar-refractivity contribution in [1.29, 1.82) is 0 Å². The van der Waals surface area contributed by atoms with Crippen LogP contribution in [0.15, 0.2) is 47.5 Å². The molecule has 4 rings (SSSR count). The van der Waals surface area contributed by atoms with Gasteiger partial charge in [0.15, 0.2) is 16.6 Å². The van der Waals surface area contributed by atoms with Crippen molar-refractivity contribution in [3.8, 4) is 11.5 Å². The zero-order valence-electron chi connectivity index (χ0n) is 17.2. The Kier molecular flexibility index (Phi) is 5.99. The Morgan fingerprint density at radius 1 is 1.06 bits per heavy atom. The van der Waals surface area contributed by atoms with E-state index in [1.54, 1.807) is 6.07 Å². The average Bonchev–Trinajstić information content (AvgIpc) is 3.21. The summed E-state index contributed by atoms with van der Waals surface area (Å²) in [6.07, 6.45) is 1.28. The fourth-order valence-corrected chi connectivity index (χ4v) is 3.96. The molecule has 0 spiro atoms. The number of hydrogen-bond acceptors (Lipinski definition) is 8. The summed E-state index contributed by atoms with van der Waals surface area (Å²) >= 11 is 1.34. The number of benzene rings is 2. The number of fused-ring (bicyclic) bond motifs is 2. The number of rotatable bonds is 7. The molecule has 32 heavy (non-hydrogen) atoms. The van der Waals surface area contributed by atoms with E-state index in [1.807, 2.05) is 24.3 Å². The van der Waals surface area contributed by atoms with E-state index in [4.69, 9.17) is 9.47 Å². The first-order valence-corrected chi connectivity index (χ1v) is 10.3. The number of amides is 2. The topological polar surface area (TPSA) is 124 Å². The third-order valence-electron chi connectivity index (χ3n) is 4.63. The molecular formula is C21H19N5O5S. The van der Waals surface area contributed by atoms with E-state index in [1.165, 1.54) is 38.0 Å². The molecule has 0 aliphatic carbocycles. The number of carbonyl (C=O) groups excluding carboxylic acids is 2. The van der Waals surface area contributed by atoms with Gasteiger partial charge in [-0.3, -0.25) is 19.0 Å². The van der Waals surface area contributed by atoms with Crippen molar-refractivity contribution in [2.75, 3.05) is 26.1 Å². The van der Waals surface area contributed by atoms with Gasteiger partial charge in [0.05, 0.1) is 48.2 Å². The minimum absolute atomic E-state index is 0.254. The van der Waals surface area contributed by atoms with Crippen molar-refractivity contribution in [3.05, 3.63) is 53.1 Å². The van der Waals surface area contributed by atoms with E-state index in [0.717, 1.165) is 14.8 Å². The van der Waals surface area contributed by atoms with Gasteiger partial charge in [-0.2, -0.15) is 0 Å². The predicted octanol–water partition coefficient (Wildman–Crippen LogP) is 1.78. The molecule has 0 unspecified atom stereocenters. The molecule has 0 radical (unpaired) electrons. The highest BCUT2D eigenvalue weighted by atomic mass is 32.1. The summed E-state index contributed by atoms with van der Waals surface area (Å²) in [7, 11) is 2.95. The standard InChI is InChI=1S/C21H19N5O5S/c1-30-15-7-12-14(8-16(15)31-2)23-11-26(20(12)29)10-19(28)22-9-18(27)25-21-24-13-5-3-4-6-17(13)32-21/h3-8,11H,9-10H2,1-2H3,(H,22,28)(H,24,25,27). The van der Waals surface area contributed by atoms with E-state index >= 15 is 0 Å². The molecule has 0 saturated carbocycles. The van der Waals surface area contributed by atoms with E-state index in [-0.39, 0.29) is 18.5 Å². The van der Waals surface area contributed by atoms with Crippen LogP contribution in [0, 0.1) is 0 Å². The van der Waals surface area contributed by atoms with Gasteiger partial charge < -0.3 is 20.1 Å². The summed E-state index contributed by atoms with van der Waals surface area (Å²) in [4.78, 5) is 45.7. The summed E-state index contributed by atoms with van der Waals surface area (Å²) in [5, 5.41) is 5.88. The summed E-state index contributed by atoms with van der Waals surface area (Å²) in [5.41, 5.74) is 0.791. The molecule has 2 amide bonds. The van der Waals surface area contributed by atoms with Crippen LogP contribution < -0.4 is 25.7 Å². The Hall–Kier alpha value is -3.99. The summed E-state index contributed by atoms with van der Waals surface area (Å²) < 4.78 is 12.5. The summed E-state index contributed by atoms with van der Waals surface area (Å²) in [6, 6.07) is 10.6. The van der Waals surface area contributed by atoms with E-state index < -0.39 is 17.4 Å². The third kappa shape index (κ3) is 4.37. The number of ether oxygens (including phenoxy) is 2.